The van der Waals surface area contributed by atoms with Gasteiger partial charge in [0, 0.05) is 50.3 Å². The summed E-state index contributed by atoms with van der Waals surface area (Å²) in [7, 11) is 0. The molecule has 7 nitrogen and oxygen atoms in total. The van der Waals surface area contributed by atoms with Crippen LogP contribution in [0, 0.1) is 0 Å². The van der Waals surface area contributed by atoms with Crippen molar-refractivity contribution in [1.82, 2.24) is 9.47 Å². The second kappa shape index (κ2) is 10.1. The predicted octanol–water partition coefficient (Wildman–Crippen LogP) is 3.90. The van der Waals surface area contributed by atoms with E-state index in [9.17, 15) is 27.6 Å². The van der Waals surface area contributed by atoms with E-state index in [4.69, 9.17) is 9.47 Å². The number of rotatable bonds is 6. The van der Waals surface area contributed by atoms with Crippen molar-refractivity contribution in [2.45, 2.75) is 51.5 Å². The van der Waals surface area contributed by atoms with Crippen LogP contribution in [0.15, 0.2) is 47.4 Å². The number of carbonyl (C=O) groups excluding carboxylic acids is 2. The molecule has 3 rings (SSSR count). The summed E-state index contributed by atoms with van der Waals surface area (Å²) in [4.78, 5) is 37.2. The fourth-order valence-electron chi connectivity index (χ4n) is 3.43. The average molecular weight is 466 g/mol. The maximum absolute atomic E-state index is 12.5. The number of Topliss-reactive ketones (excluding diaryl/α,β-unsaturated/α-hetero) is 1. The highest BCUT2D eigenvalue weighted by atomic mass is 19.4. The normalized spacial score (nSPS) is 14.9. The topological polar surface area (TPSA) is 77.8 Å². The minimum atomic E-state index is -4.88. The van der Waals surface area contributed by atoms with E-state index >= 15 is 0 Å². The number of hydrogen-bond donors (Lipinski definition) is 0. The van der Waals surface area contributed by atoms with Crippen LogP contribution in [0.2, 0.25) is 0 Å². The first-order valence-corrected chi connectivity index (χ1v) is 10.6. The van der Waals surface area contributed by atoms with E-state index in [1.807, 2.05) is 0 Å². The SMILES string of the molecule is CC(C)OC(=O)N1CCC(Oc2ccn(-c3ccc(CC(=O)C(F)(F)F)cc3)c(=O)c2)CC1. The Balaban J connectivity index is 1.59. The first kappa shape index (κ1) is 24.3. The Morgan fingerprint density at radius 3 is 2.27 bits per heavy atom. The second-order valence-electron chi connectivity index (χ2n) is 8.07. The van der Waals surface area contributed by atoms with Crippen LogP contribution >= 0.6 is 0 Å². The molecular formula is C23H25F3N2O5. The van der Waals surface area contributed by atoms with Gasteiger partial charge < -0.3 is 14.4 Å². The van der Waals surface area contributed by atoms with Gasteiger partial charge in [0.25, 0.3) is 5.56 Å². The smallest absolute Gasteiger partial charge is 0.450 e. The molecule has 0 bridgehead atoms. The molecular weight excluding hydrogens is 441 g/mol. The van der Waals surface area contributed by atoms with Crippen molar-refractivity contribution in [3.63, 3.8) is 0 Å². The highest BCUT2D eigenvalue weighted by Gasteiger charge is 2.37. The lowest BCUT2D eigenvalue weighted by Crippen LogP contribution is -2.42. The summed E-state index contributed by atoms with van der Waals surface area (Å²) in [5, 5.41) is 0. The Kier molecular flexibility index (Phi) is 7.45. The number of ketones is 1. The molecule has 1 amide bonds. The summed E-state index contributed by atoms with van der Waals surface area (Å²) < 4.78 is 49.6. The van der Waals surface area contributed by atoms with Gasteiger partial charge in [0.05, 0.1) is 6.10 Å². The molecule has 2 aromatic rings. The Morgan fingerprint density at radius 2 is 1.73 bits per heavy atom. The summed E-state index contributed by atoms with van der Waals surface area (Å²) in [6, 6.07) is 8.68. The third-order valence-electron chi connectivity index (χ3n) is 5.13. The third-order valence-corrected chi connectivity index (χ3v) is 5.13. The highest BCUT2D eigenvalue weighted by molar-refractivity contribution is 5.86. The molecule has 1 aliphatic rings. The number of aromatic nitrogens is 1. The minimum absolute atomic E-state index is 0.145. The number of halogens is 3. The van der Waals surface area contributed by atoms with Crippen LogP contribution in [0.3, 0.4) is 0 Å². The zero-order valence-electron chi connectivity index (χ0n) is 18.3. The molecule has 0 unspecified atom stereocenters. The van der Waals surface area contributed by atoms with E-state index in [1.165, 1.54) is 41.1 Å². The Bertz CT molecular complexity index is 1040. The van der Waals surface area contributed by atoms with E-state index in [0.29, 0.717) is 37.4 Å². The molecule has 1 aliphatic heterocycles. The molecule has 0 saturated carbocycles. The first-order valence-electron chi connectivity index (χ1n) is 10.6. The zero-order chi connectivity index (χ0) is 24.2. The number of piperidine rings is 1. The maximum Gasteiger partial charge on any atom is 0.450 e. The predicted molar refractivity (Wildman–Crippen MR) is 114 cm³/mol. The van der Waals surface area contributed by atoms with Gasteiger partial charge in [0.15, 0.2) is 0 Å². The number of amides is 1. The molecule has 0 N–H and O–H groups in total. The quantitative estimate of drug-likeness (QED) is 0.645. The van der Waals surface area contributed by atoms with Gasteiger partial charge in [-0.25, -0.2) is 4.79 Å². The number of pyridine rings is 1. The number of benzene rings is 1. The van der Waals surface area contributed by atoms with Gasteiger partial charge in [0.2, 0.25) is 5.78 Å². The van der Waals surface area contributed by atoms with Gasteiger partial charge in [-0.15, -0.1) is 0 Å². The molecule has 0 aliphatic carbocycles. The van der Waals surface area contributed by atoms with Gasteiger partial charge in [-0.3, -0.25) is 14.2 Å². The van der Waals surface area contributed by atoms with E-state index in [-0.39, 0.29) is 29.4 Å². The van der Waals surface area contributed by atoms with Crippen molar-refractivity contribution in [1.29, 1.82) is 0 Å². The maximum atomic E-state index is 12.5. The number of alkyl halides is 3. The van der Waals surface area contributed by atoms with E-state index in [0.717, 1.165) is 0 Å². The van der Waals surface area contributed by atoms with Gasteiger partial charge in [0.1, 0.15) is 11.9 Å². The lowest BCUT2D eigenvalue weighted by Gasteiger charge is -2.32. The van der Waals surface area contributed by atoms with Gasteiger partial charge >= 0.3 is 12.3 Å². The van der Waals surface area contributed by atoms with Crippen molar-refractivity contribution in [2.75, 3.05) is 13.1 Å². The molecule has 33 heavy (non-hydrogen) atoms. The van der Waals surface area contributed by atoms with Crippen LogP contribution in [0.25, 0.3) is 5.69 Å². The van der Waals surface area contributed by atoms with Crippen molar-refractivity contribution < 1.29 is 32.2 Å². The van der Waals surface area contributed by atoms with Crippen molar-refractivity contribution in [3.05, 3.63) is 58.5 Å². The van der Waals surface area contributed by atoms with E-state index in [1.54, 1.807) is 24.8 Å². The molecule has 178 valence electrons. The fraction of sp³-hybridized carbons (Fsp3) is 0.435. The van der Waals surface area contributed by atoms with E-state index in [2.05, 4.69) is 0 Å². The van der Waals surface area contributed by atoms with Gasteiger partial charge in [-0.05, 0) is 37.6 Å². The van der Waals surface area contributed by atoms with Crippen LogP contribution in [0.1, 0.15) is 32.3 Å². The average Bonchev–Trinajstić information content (AvgIpc) is 2.74. The molecule has 1 aromatic heterocycles. The molecule has 1 fully saturated rings. The number of carbonyl (C=O) groups is 2. The minimum Gasteiger partial charge on any atom is -0.490 e. The summed E-state index contributed by atoms with van der Waals surface area (Å²) in [5.41, 5.74) is 0.286. The monoisotopic (exact) mass is 466 g/mol. The van der Waals surface area contributed by atoms with Crippen LogP contribution in [-0.4, -0.2) is 52.8 Å². The molecule has 0 radical (unpaired) electrons. The fourth-order valence-corrected chi connectivity index (χ4v) is 3.43. The number of hydrogen-bond acceptors (Lipinski definition) is 5. The van der Waals surface area contributed by atoms with Crippen molar-refractivity contribution >= 4 is 11.9 Å². The number of ether oxygens (including phenoxy) is 2. The van der Waals surface area contributed by atoms with Crippen molar-refractivity contribution in [3.8, 4) is 11.4 Å². The summed E-state index contributed by atoms with van der Waals surface area (Å²) in [6.07, 6.45) is -3.57. The molecule has 2 heterocycles. The van der Waals surface area contributed by atoms with Crippen molar-refractivity contribution in [2.24, 2.45) is 0 Å². The largest absolute Gasteiger partial charge is 0.490 e. The van der Waals surface area contributed by atoms with Crippen LogP contribution in [-0.2, 0) is 16.0 Å². The molecule has 0 spiro atoms. The Labute approximate surface area is 188 Å². The summed E-state index contributed by atoms with van der Waals surface area (Å²) >= 11 is 0. The molecule has 10 heteroatoms. The van der Waals surface area contributed by atoms with Crippen LogP contribution < -0.4 is 10.3 Å². The van der Waals surface area contributed by atoms with Crippen LogP contribution in [0.4, 0.5) is 18.0 Å². The summed E-state index contributed by atoms with van der Waals surface area (Å²) in [5.74, 6) is -1.43. The molecule has 0 atom stereocenters. The Morgan fingerprint density at radius 1 is 1.09 bits per heavy atom. The first-order chi connectivity index (χ1) is 15.5. The highest BCUT2D eigenvalue weighted by Crippen LogP contribution is 2.21. The van der Waals surface area contributed by atoms with Gasteiger partial charge in [-0.1, -0.05) is 12.1 Å². The number of likely N-dealkylation sites (tertiary alicyclic amines) is 1. The summed E-state index contributed by atoms with van der Waals surface area (Å²) in [6.45, 7) is 4.57. The second-order valence-corrected chi connectivity index (χ2v) is 8.07. The van der Waals surface area contributed by atoms with Gasteiger partial charge in [-0.2, -0.15) is 13.2 Å². The third kappa shape index (κ3) is 6.59. The Hall–Kier alpha value is -3.30. The standard InChI is InChI=1S/C23H25F3N2O5/c1-15(2)32-22(31)27-10-7-18(8-11-27)33-19-9-12-28(21(30)14-19)17-5-3-16(4-6-17)13-20(29)23(24,25)26/h3-6,9,12,14-15,18H,7-8,10-11,13H2,1-2H3. The molecule has 1 saturated heterocycles. The van der Waals surface area contributed by atoms with Crippen LogP contribution in [0.5, 0.6) is 5.75 Å². The van der Waals surface area contributed by atoms with E-state index < -0.39 is 18.4 Å². The molecule has 1 aromatic carbocycles. The lowest BCUT2D eigenvalue weighted by atomic mass is 10.1. The number of nitrogens with zero attached hydrogens (tertiary/aromatic N) is 2. The zero-order valence-corrected chi connectivity index (χ0v) is 18.3. The lowest BCUT2D eigenvalue weighted by molar-refractivity contribution is -0.170.